The Labute approximate surface area is 156 Å². The maximum absolute atomic E-state index is 12.6. The minimum absolute atomic E-state index is 0.277. The summed E-state index contributed by atoms with van der Waals surface area (Å²) in [4.78, 5) is 27.8. The van der Waals surface area contributed by atoms with Crippen LogP contribution in [0.5, 0.6) is 11.5 Å². The number of guanidine groups is 1. The quantitative estimate of drug-likeness (QED) is 0.897. The van der Waals surface area contributed by atoms with E-state index in [1.807, 2.05) is 17.9 Å². The Bertz CT molecular complexity index is 969. The van der Waals surface area contributed by atoms with E-state index >= 15 is 0 Å². The molecule has 1 aromatic carbocycles. The summed E-state index contributed by atoms with van der Waals surface area (Å²) in [5.74, 6) is 2.21. The summed E-state index contributed by atoms with van der Waals surface area (Å²) in [5, 5.41) is 2.88. The molecule has 8 heteroatoms. The van der Waals surface area contributed by atoms with Crippen LogP contribution in [0.25, 0.3) is 0 Å². The molecule has 0 aliphatic carbocycles. The molecule has 0 spiro atoms. The summed E-state index contributed by atoms with van der Waals surface area (Å²) in [6, 6.07) is 5.33. The molecule has 1 N–H and O–H groups in total. The number of rotatable bonds is 3. The smallest absolute Gasteiger partial charge is 0.259 e. The average molecular weight is 365 g/mol. The van der Waals surface area contributed by atoms with Crippen LogP contribution >= 0.6 is 0 Å². The molecule has 0 unspecified atom stereocenters. The highest BCUT2D eigenvalue weighted by molar-refractivity contribution is 6.20. The van der Waals surface area contributed by atoms with E-state index in [0.717, 1.165) is 17.0 Å². The molecule has 4 rings (SSSR count). The van der Waals surface area contributed by atoms with Crippen molar-refractivity contribution in [2.45, 2.75) is 6.92 Å². The van der Waals surface area contributed by atoms with Gasteiger partial charge in [0.25, 0.3) is 5.91 Å². The van der Waals surface area contributed by atoms with Crippen LogP contribution in [0.3, 0.4) is 0 Å². The number of carbonyl (C=O) groups excluding carboxylic acids is 1. The fourth-order valence-corrected chi connectivity index (χ4v) is 3.28. The molecule has 1 amide bonds. The Morgan fingerprint density at radius 2 is 2.15 bits per heavy atom. The zero-order valence-electron chi connectivity index (χ0n) is 15.3. The monoisotopic (exact) mass is 365 g/mol. The van der Waals surface area contributed by atoms with E-state index in [1.54, 1.807) is 32.5 Å². The molecule has 0 radical (unpaired) electrons. The summed E-state index contributed by atoms with van der Waals surface area (Å²) < 4.78 is 11.1. The number of carbonyl (C=O) groups is 1. The minimum Gasteiger partial charge on any atom is -0.496 e. The summed E-state index contributed by atoms with van der Waals surface area (Å²) in [6.45, 7) is 3.17. The van der Waals surface area contributed by atoms with E-state index in [9.17, 15) is 4.79 Å². The van der Waals surface area contributed by atoms with Gasteiger partial charge in [-0.1, -0.05) is 0 Å². The van der Waals surface area contributed by atoms with Crippen molar-refractivity contribution in [2.75, 3.05) is 27.3 Å². The van der Waals surface area contributed by atoms with Crippen molar-refractivity contribution in [2.24, 2.45) is 9.98 Å². The predicted molar refractivity (Wildman–Crippen MR) is 101 cm³/mol. The van der Waals surface area contributed by atoms with E-state index in [0.29, 0.717) is 41.8 Å². The molecule has 27 heavy (non-hydrogen) atoms. The lowest BCUT2D eigenvalue weighted by Gasteiger charge is -2.29. The van der Waals surface area contributed by atoms with E-state index in [4.69, 9.17) is 9.47 Å². The maximum Gasteiger partial charge on any atom is 0.259 e. The molecular formula is C19H19N5O3. The Morgan fingerprint density at radius 1 is 1.30 bits per heavy atom. The average Bonchev–Trinajstić information content (AvgIpc) is 3.19. The number of benzene rings is 1. The van der Waals surface area contributed by atoms with Gasteiger partial charge in [-0.3, -0.25) is 25.0 Å². The number of nitrogens with one attached hydrogen (secondary N) is 1. The van der Waals surface area contributed by atoms with Gasteiger partial charge in [0, 0.05) is 24.5 Å². The predicted octanol–water partition coefficient (Wildman–Crippen LogP) is 1.90. The second-order valence-corrected chi connectivity index (χ2v) is 6.12. The molecular weight excluding hydrogens is 346 g/mol. The summed E-state index contributed by atoms with van der Waals surface area (Å²) >= 11 is 0. The molecule has 0 fully saturated rings. The summed E-state index contributed by atoms with van der Waals surface area (Å²) in [6.07, 6.45) is 3.14. The van der Waals surface area contributed by atoms with Gasteiger partial charge >= 0.3 is 0 Å². The van der Waals surface area contributed by atoms with Gasteiger partial charge in [0.15, 0.2) is 5.75 Å². The lowest BCUT2D eigenvalue weighted by Crippen LogP contribution is -2.47. The highest BCUT2D eigenvalue weighted by Gasteiger charge is 2.33. The Balaban J connectivity index is 1.80. The zero-order chi connectivity index (χ0) is 19.0. The molecule has 0 saturated heterocycles. The van der Waals surface area contributed by atoms with Gasteiger partial charge in [-0.15, -0.1) is 0 Å². The molecule has 2 aromatic rings. The SMILES string of the molecule is COc1cc2c(c(OC)c1C)N=C(NC(=O)c1cccnc1)N1CCN=C21. The van der Waals surface area contributed by atoms with Gasteiger partial charge in [0.2, 0.25) is 5.96 Å². The van der Waals surface area contributed by atoms with Crippen LogP contribution < -0.4 is 14.8 Å². The third kappa shape index (κ3) is 2.79. The Kier molecular flexibility index (Phi) is 4.23. The van der Waals surface area contributed by atoms with E-state index in [-0.39, 0.29) is 5.91 Å². The third-order valence-electron chi connectivity index (χ3n) is 4.58. The molecule has 3 heterocycles. The fraction of sp³-hybridized carbons (Fsp3) is 0.263. The summed E-state index contributed by atoms with van der Waals surface area (Å²) in [5.41, 5.74) is 2.76. The summed E-state index contributed by atoms with van der Waals surface area (Å²) in [7, 11) is 3.21. The molecule has 8 nitrogen and oxygen atoms in total. The standard InChI is InChI=1S/C19H19N5O3/c1-11-14(26-2)9-13-15(16(11)27-3)22-19(24-8-7-21-17(13)24)23-18(25)12-5-4-6-20-10-12/h4-6,9-10H,7-8H2,1-3H3,(H,22,23,25). The topological polar surface area (TPSA) is 88.4 Å². The molecule has 0 atom stereocenters. The number of ether oxygens (including phenoxy) is 2. The van der Waals surface area contributed by atoms with E-state index < -0.39 is 0 Å². The zero-order valence-corrected chi connectivity index (χ0v) is 15.3. The molecule has 2 aliphatic rings. The van der Waals surface area contributed by atoms with Crippen LogP contribution in [-0.2, 0) is 0 Å². The second kappa shape index (κ2) is 6.71. The number of fused-ring (bicyclic) bond motifs is 3. The first-order valence-electron chi connectivity index (χ1n) is 8.52. The van der Waals surface area contributed by atoms with Crippen LogP contribution in [0.15, 0.2) is 40.6 Å². The molecule has 138 valence electrons. The Morgan fingerprint density at radius 3 is 2.85 bits per heavy atom. The van der Waals surface area contributed by atoms with Gasteiger partial charge in [-0.2, -0.15) is 0 Å². The number of amidine groups is 1. The van der Waals surface area contributed by atoms with Gasteiger partial charge in [0.1, 0.15) is 17.3 Å². The number of aromatic nitrogens is 1. The van der Waals surface area contributed by atoms with E-state index in [2.05, 4.69) is 20.3 Å². The first kappa shape index (κ1) is 17.0. The minimum atomic E-state index is -0.277. The van der Waals surface area contributed by atoms with Crippen LogP contribution in [0.1, 0.15) is 21.5 Å². The highest BCUT2D eigenvalue weighted by atomic mass is 16.5. The van der Waals surface area contributed by atoms with Crippen LogP contribution in [0.4, 0.5) is 5.69 Å². The van der Waals surface area contributed by atoms with Crippen molar-refractivity contribution < 1.29 is 14.3 Å². The van der Waals surface area contributed by atoms with Crippen molar-refractivity contribution in [3.8, 4) is 11.5 Å². The lowest BCUT2D eigenvalue weighted by molar-refractivity contribution is 0.0973. The van der Waals surface area contributed by atoms with Gasteiger partial charge in [-0.05, 0) is 25.1 Å². The van der Waals surface area contributed by atoms with Crippen molar-refractivity contribution in [3.63, 3.8) is 0 Å². The third-order valence-corrected chi connectivity index (χ3v) is 4.58. The number of hydrogen-bond donors (Lipinski definition) is 1. The number of aliphatic imine (C=N–C) groups is 2. The van der Waals surface area contributed by atoms with Gasteiger partial charge in [0.05, 0.1) is 31.9 Å². The number of amides is 1. The van der Waals surface area contributed by atoms with Gasteiger partial charge in [-0.25, -0.2) is 4.99 Å². The first-order valence-corrected chi connectivity index (χ1v) is 8.52. The molecule has 0 bridgehead atoms. The number of hydrogen-bond acceptors (Lipinski definition) is 7. The lowest BCUT2D eigenvalue weighted by atomic mass is 10.0. The number of methoxy groups -OCH3 is 2. The largest absolute Gasteiger partial charge is 0.496 e. The number of pyridine rings is 1. The maximum atomic E-state index is 12.6. The second-order valence-electron chi connectivity index (χ2n) is 6.12. The fourth-order valence-electron chi connectivity index (χ4n) is 3.28. The number of nitrogens with zero attached hydrogens (tertiary/aromatic N) is 4. The van der Waals surface area contributed by atoms with Crippen molar-refractivity contribution >= 4 is 23.4 Å². The van der Waals surface area contributed by atoms with Crippen molar-refractivity contribution in [3.05, 3.63) is 47.3 Å². The Hall–Kier alpha value is -3.42. The molecule has 1 aromatic heterocycles. The first-order chi connectivity index (χ1) is 13.1. The van der Waals surface area contributed by atoms with Crippen molar-refractivity contribution in [1.29, 1.82) is 0 Å². The highest BCUT2D eigenvalue weighted by Crippen LogP contribution is 2.43. The van der Waals surface area contributed by atoms with Gasteiger partial charge < -0.3 is 9.47 Å². The van der Waals surface area contributed by atoms with Crippen LogP contribution in [0.2, 0.25) is 0 Å². The van der Waals surface area contributed by atoms with Crippen LogP contribution in [0, 0.1) is 6.92 Å². The molecule has 0 saturated carbocycles. The molecule has 2 aliphatic heterocycles. The van der Waals surface area contributed by atoms with Crippen LogP contribution in [-0.4, -0.2) is 54.9 Å². The van der Waals surface area contributed by atoms with E-state index in [1.165, 1.54) is 6.20 Å². The normalized spacial score (nSPS) is 14.7. The van der Waals surface area contributed by atoms with Crippen molar-refractivity contribution in [1.82, 2.24) is 15.2 Å².